The van der Waals surface area contributed by atoms with Crippen molar-refractivity contribution in [2.75, 3.05) is 0 Å². The van der Waals surface area contributed by atoms with Crippen LogP contribution in [0.5, 0.6) is 0 Å². The average Bonchev–Trinajstić information content (AvgIpc) is 2.68. The van der Waals surface area contributed by atoms with E-state index in [-0.39, 0.29) is 0 Å². The van der Waals surface area contributed by atoms with Crippen LogP contribution < -0.4 is 0 Å². The quantitative estimate of drug-likeness (QED) is 0.732. The van der Waals surface area contributed by atoms with Crippen LogP contribution >= 0.6 is 0 Å². The molecule has 74 valence electrons. The first-order valence-electron chi connectivity index (χ1n) is 5.36. The van der Waals surface area contributed by atoms with Gasteiger partial charge in [-0.05, 0) is 42.7 Å². The van der Waals surface area contributed by atoms with E-state index in [9.17, 15) is 4.79 Å². The molecule has 0 saturated heterocycles. The van der Waals surface area contributed by atoms with Gasteiger partial charge in [-0.15, -0.1) is 0 Å². The zero-order valence-corrected chi connectivity index (χ0v) is 8.11. The van der Waals surface area contributed by atoms with Crippen molar-refractivity contribution in [2.45, 2.75) is 25.7 Å². The van der Waals surface area contributed by atoms with E-state index in [2.05, 4.69) is 0 Å². The molecule has 0 radical (unpaired) electrons. The fraction of sp³-hybridized carbons (Fsp3) is 0.583. The minimum atomic E-state index is 0.355. The molecule has 2 nitrogen and oxygen atoms in total. The average molecular weight is 190 g/mol. The number of ketones is 1. The lowest BCUT2D eigenvalue weighted by atomic mass is 9.94. The number of Topliss-reactive ketones (excluding diaryl/α,β-unsaturated/α-hetero) is 1. The van der Waals surface area contributed by atoms with Gasteiger partial charge in [-0.3, -0.25) is 4.79 Å². The molecule has 2 unspecified atom stereocenters. The summed E-state index contributed by atoms with van der Waals surface area (Å²) >= 11 is 0. The molecule has 2 aliphatic carbocycles. The molecule has 0 N–H and O–H groups in total. The van der Waals surface area contributed by atoms with Crippen molar-refractivity contribution in [3.05, 3.63) is 24.2 Å². The minimum absolute atomic E-state index is 0.355. The molecule has 14 heavy (non-hydrogen) atoms. The first kappa shape index (κ1) is 8.27. The molecule has 0 amide bonds. The number of hydrogen-bond acceptors (Lipinski definition) is 2. The van der Waals surface area contributed by atoms with E-state index in [0.29, 0.717) is 18.1 Å². The first-order valence-corrected chi connectivity index (χ1v) is 5.36. The highest BCUT2D eigenvalue weighted by Crippen LogP contribution is 2.54. The Kier molecular flexibility index (Phi) is 1.76. The number of furan rings is 1. The molecule has 2 aliphatic rings. The number of carbonyl (C=O) groups is 1. The lowest BCUT2D eigenvalue weighted by Crippen LogP contribution is -2.14. The topological polar surface area (TPSA) is 30.2 Å². The number of fused-ring (bicyclic) bond motifs is 1. The van der Waals surface area contributed by atoms with E-state index in [1.54, 1.807) is 12.5 Å². The van der Waals surface area contributed by atoms with Crippen LogP contribution in [-0.2, 0) is 11.2 Å². The van der Waals surface area contributed by atoms with E-state index in [4.69, 9.17) is 4.42 Å². The van der Waals surface area contributed by atoms with Crippen molar-refractivity contribution >= 4 is 5.78 Å². The van der Waals surface area contributed by atoms with Gasteiger partial charge in [-0.2, -0.15) is 0 Å². The Bertz CT molecular complexity index is 329. The van der Waals surface area contributed by atoms with Crippen LogP contribution in [0.4, 0.5) is 0 Å². The van der Waals surface area contributed by atoms with Gasteiger partial charge in [0.25, 0.3) is 0 Å². The summed E-state index contributed by atoms with van der Waals surface area (Å²) in [6.07, 6.45) is 7.57. The summed E-state index contributed by atoms with van der Waals surface area (Å²) in [7, 11) is 0. The standard InChI is InChI=1S/C12H14O2/c13-12(3-8-1-2-14-7-8)11-5-9-4-10(9)6-11/h1-2,7,9-11H,3-6H2. The van der Waals surface area contributed by atoms with Crippen LogP contribution in [0.2, 0.25) is 0 Å². The van der Waals surface area contributed by atoms with Crippen LogP contribution in [0.25, 0.3) is 0 Å². The normalized spacial score (nSPS) is 34.1. The third-order valence-corrected chi connectivity index (χ3v) is 3.66. The Labute approximate surface area is 83.3 Å². The highest BCUT2D eigenvalue weighted by atomic mass is 16.3. The molecule has 0 bridgehead atoms. The largest absolute Gasteiger partial charge is 0.472 e. The van der Waals surface area contributed by atoms with Crippen molar-refractivity contribution in [2.24, 2.45) is 17.8 Å². The van der Waals surface area contributed by atoms with Crippen LogP contribution in [-0.4, -0.2) is 5.78 Å². The molecular formula is C12H14O2. The monoisotopic (exact) mass is 190 g/mol. The number of carbonyl (C=O) groups excluding carboxylic acids is 1. The van der Waals surface area contributed by atoms with Crippen molar-refractivity contribution in [3.63, 3.8) is 0 Å². The van der Waals surface area contributed by atoms with E-state index >= 15 is 0 Å². The molecule has 2 saturated carbocycles. The second kappa shape index (κ2) is 2.97. The second-order valence-electron chi connectivity index (χ2n) is 4.70. The predicted octanol–water partition coefficient (Wildman–Crippen LogP) is 2.44. The zero-order valence-electron chi connectivity index (χ0n) is 8.11. The minimum Gasteiger partial charge on any atom is -0.472 e. The van der Waals surface area contributed by atoms with Gasteiger partial charge in [-0.1, -0.05) is 0 Å². The van der Waals surface area contributed by atoms with Crippen molar-refractivity contribution in [3.8, 4) is 0 Å². The molecule has 1 heterocycles. The SMILES string of the molecule is O=C(Cc1ccoc1)C1CC2CC2C1. The van der Waals surface area contributed by atoms with E-state index in [1.165, 1.54) is 6.42 Å². The van der Waals surface area contributed by atoms with Gasteiger partial charge in [0.15, 0.2) is 0 Å². The molecule has 1 aromatic rings. The van der Waals surface area contributed by atoms with Crippen molar-refractivity contribution in [1.82, 2.24) is 0 Å². The summed E-state index contributed by atoms with van der Waals surface area (Å²) in [6.45, 7) is 0. The molecule has 0 aliphatic heterocycles. The van der Waals surface area contributed by atoms with Gasteiger partial charge < -0.3 is 4.42 Å². The van der Waals surface area contributed by atoms with Gasteiger partial charge >= 0.3 is 0 Å². The van der Waals surface area contributed by atoms with E-state index in [1.807, 2.05) is 6.07 Å². The Morgan fingerprint density at radius 1 is 1.36 bits per heavy atom. The van der Waals surface area contributed by atoms with E-state index in [0.717, 1.165) is 30.2 Å². The fourth-order valence-electron chi connectivity index (χ4n) is 2.72. The lowest BCUT2D eigenvalue weighted by molar-refractivity contribution is -0.122. The van der Waals surface area contributed by atoms with Gasteiger partial charge in [0.1, 0.15) is 5.78 Å². The summed E-state index contributed by atoms with van der Waals surface area (Å²) in [6, 6.07) is 1.88. The van der Waals surface area contributed by atoms with Gasteiger partial charge in [-0.25, -0.2) is 0 Å². The predicted molar refractivity (Wildman–Crippen MR) is 51.7 cm³/mol. The maximum atomic E-state index is 11.8. The Morgan fingerprint density at radius 3 is 2.79 bits per heavy atom. The van der Waals surface area contributed by atoms with Gasteiger partial charge in [0.05, 0.1) is 12.5 Å². The molecule has 0 aromatic carbocycles. The summed E-state index contributed by atoms with van der Waals surface area (Å²) < 4.78 is 4.96. The number of rotatable bonds is 3. The van der Waals surface area contributed by atoms with Crippen LogP contribution in [0.3, 0.4) is 0 Å². The third kappa shape index (κ3) is 1.39. The maximum Gasteiger partial charge on any atom is 0.140 e. The van der Waals surface area contributed by atoms with Crippen LogP contribution in [0.15, 0.2) is 23.0 Å². The zero-order chi connectivity index (χ0) is 9.54. The summed E-state index contributed by atoms with van der Waals surface area (Å²) in [4.78, 5) is 11.8. The Balaban J connectivity index is 1.60. The van der Waals surface area contributed by atoms with Crippen LogP contribution in [0, 0.1) is 17.8 Å². The second-order valence-corrected chi connectivity index (χ2v) is 4.70. The summed E-state index contributed by atoms with van der Waals surface area (Å²) in [5.41, 5.74) is 1.02. The van der Waals surface area contributed by atoms with Gasteiger partial charge in [0, 0.05) is 12.3 Å². The highest BCUT2D eigenvalue weighted by molar-refractivity contribution is 5.83. The van der Waals surface area contributed by atoms with E-state index < -0.39 is 0 Å². The maximum absolute atomic E-state index is 11.8. The molecule has 0 spiro atoms. The summed E-state index contributed by atoms with van der Waals surface area (Å²) in [5.74, 6) is 2.56. The third-order valence-electron chi connectivity index (χ3n) is 3.66. The first-order chi connectivity index (χ1) is 6.83. The molecular weight excluding hydrogens is 176 g/mol. The molecule has 2 atom stereocenters. The summed E-state index contributed by atoms with van der Waals surface area (Å²) in [5, 5.41) is 0. The van der Waals surface area contributed by atoms with Gasteiger partial charge in [0.2, 0.25) is 0 Å². The molecule has 3 rings (SSSR count). The van der Waals surface area contributed by atoms with Crippen molar-refractivity contribution in [1.29, 1.82) is 0 Å². The van der Waals surface area contributed by atoms with Crippen LogP contribution in [0.1, 0.15) is 24.8 Å². The fourth-order valence-corrected chi connectivity index (χ4v) is 2.72. The Morgan fingerprint density at radius 2 is 2.14 bits per heavy atom. The number of hydrogen-bond donors (Lipinski definition) is 0. The Hall–Kier alpha value is -1.05. The highest BCUT2D eigenvalue weighted by Gasteiger charge is 2.47. The smallest absolute Gasteiger partial charge is 0.140 e. The molecule has 1 aromatic heterocycles. The molecule has 2 heteroatoms. The van der Waals surface area contributed by atoms with Crippen molar-refractivity contribution < 1.29 is 9.21 Å². The lowest BCUT2D eigenvalue weighted by Gasteiger charge is -2.08. The molecule has 2 fully saturated rings.